The highest BCUT2D eigenvalue weighted by Crippen LogP contribution is 2.14. The van der Waals surface area contributed by atoms with Crippen molar-refractivity contribution in [3.63, 3.8) is 0 Å². The number of aryl methyl sites for hydroxylation is 1. The molecule has 1 unspecified atom stereocenters. The third-order valence-corrected chi connectivity index (χ3v) is 2.28. The van der Waals surface area contributed by atoms with Crippen molar-refractivity contribution in [1.82, 2.24) is 0 Å². The van der Waals surface area contributed by atoms with Crippen LogP contribution in [0.15, 0.2) is 24.3 Å². The Morgan fingerprint density at radius 2 is 2.33 bits per heavy atom. The van der Waals surface area contributed by atoms with Crippen LogP contribution in [0.2, 0.25) is 0 Å². The van der Waals surface area contributed by atoms with Crippen molar-refractivity contribution in [2.24, 2.45) is 0 Å². The Bertz CT molecular complexity index is 338. The molecular formula is C11H13ClO3. The molecule has 0 aliphatic carbocycles. The van der Waals surface area contributed by atoms with Crippen molar-refractivity contribution in [2.45, 2.75) is 18.7 Å². The second-order valence-electron chi connectivity index (χ2n) is 3.12. The lowest BCUT2D eigenvalue weighted by atomic mass is 10.2. The Hall–Kier alpha value is -1.22. The van der Waals surface area contributed by atoms with Gasteiger partial charge in [-0.1, -0.05) is 19.1 Å². The highest BCUT2D eigenvalue weighted by molar-refractivity contribution is 6.29. The molecule has 0 heterocycles. The Labute approximate surface area is 93.6 Å². The van der Waals surface area contributed by atoms with Crippen molar-refractivity contribution in [1.29, 1.82) is 0 Å². The van der Waals surface area contributed by atoms with E-state index >= 15 is 0 Å². The summed E-state index contributed by atoms with van der Waals surface area (Å²) in [6.45, 7) is 2.02. The quantitative estimate of drug-likeness (QED) is 0.787. The summed E-state index contributed by atoms with van der Waals surface area (Å²) in [7, 11) is 0. The average Bonchev–Trinajstić information content (AvgIpc) is 2.26. The molecule has 0 saturated heterocycles. The van der Waals surface area contributed by atoms with Crippen LogP contribution in [-0.2, 0) is 11.2 Å². The van der Waals surface area contributed by atoms with Gasteiger partial charge >= 0.3 is 5.97 Å². The molecule has 15 heavy (non-hydrogen) atoms. The zero-order valence-corrected chi connectivity index (χ0v) is 9.20. The number of carboxylic acids is 1. The monoisotopic (exact) mass is 228 g/mol. The van der Waals surface area contributed by atoms with E-state index in [1.807, 2.05) is 25.1 Å². The third kappa shape index (κ3) is 3.80. The Balaban J connectivity index is 2.53. The van der Waals surface area contributed by atoms with Crippen LogP contribution in [0.1, 0.15) is 12.5 Å². The molecule has 1 rings (SSSR count). The first-order valence-corrected chi connectivity index (χ1v) is 5.15. The summed E-state index contributed by atoms with van der Waals surface area (Å²) in [6.07, 6.45) is 0.917. The van der Waals surface area contributed by atoms with E-state index in [1.165, 1.54) is 0 Å². The van der Waals surface area contributed by atoms with Crippen LogP contribution in [0, 0.1) is 0 Å². The Kier molecular flexibility index (Phi) is 4.43. The van der Waals surface area contributed by atoms with Gasteiger partial charge in [0.05, 0.1) is 0 Å². The second-order valence-corrected chi connectivity index (χ2v) is 3.64. The summed E-state index contributed by atoms with van der Waals surface area (Å²) in [5.41, 5.74) is 1.15. The lowest BCUT2D eigenvalue weighted by Gasteiger charge is -2.08. The zero-order chi connectivity index (χ0) is 11.3. The number of hydrogen-bond donors (Lipinski definition) is 1. The summed E-state index contributed by atoms with van der Waals surface area (Å²) in [4.78, 5) is 10.4. The summed E-state index contributed by atoms with van der Waals surface area (Å²) < 4.78 is 5.26. The van der Waals surface area contributed by atoms with Gasteiger partial charge in [0, 0.05) is 0 Å². The molecule has 0 aliphatic rings. The summed E-state index contributed by atoms with van der Waals surface area (Å²) >= 11 is 5.51. The van der Waals surface area contributed by atoms with Gasteiger partial charge in [0.15, 0.2) is 5.38 Å². The van der Waals surface area contributed by atoms with Gasteiger partial charge < -0.3 is 9.84 Å². The molecule has 3 nitrogen and oxygen atoms in total. The maximum atomic E-state index is 10.4. The largest absolute Gasteiger partial charge is 0.491 e. The fraction of sp³-hybridized carbons (Fsp3) is 0.364. The molecule has 1 aromatic carbocycles. The molecule has 0 amide bonds. The van der Waals surface area contributed by atoms with Crippen molar-refractivity contribution >= 4 is 17.6 Å². The van der Waals surface area contributed by atoms with Gasteiger partial charge in [-0.3, -0.25) is 4.79 Å². The van der Waals surface area contributed by atoms with E-state index in [2.05, 4.69) is 0 Å². The standard InChI is InChI=1S/C11H13ClO3/c1-2-8-4-3-5-9(6-8)15-7-10(12)11(13)14/h3-6,10H,2,7H2,1H3,(H,13,14). The summed E-state index contributed by atoms with van der Waals surface area (Å²) in [5, 5.41) is 7.54. The summed E-state index contributed by atoms with van der Waals surface area (Å²) in [6, 6.07) is 7.52. The molecule has 0 spiro atoms. The van der Waals surface area contributed by atoms with E-state index in [1.54, 1.807) is 6.07 Å². The number of carbonyl (C=O) groups is 1. The zero-order valence-electron chi connectivity index (χ0n) is 8.44. The SMILES string of the molecule is CCc1cccc(OCC(Cl)C(=O)O)c1. The van der Waals surface area contributed by atoms with Gasteiger partial charge in [0.2, 0.25) is 0 Å². The van der Waals surface area contributed by atoms with Gasteiger partial charge in [0.1, 0.15) is 12.4 Å². The van der Waals surface area contributed by atoms with E-state index in [9.17, 15) is 4.79 Å². The molecule has 1 N–H and O–H groups in total. The van der Waals surface area contributed by atoms with E-state index in [-0.39, 0.29) is 6.61 Å². The Morgan fingerprint density at radius 1 is 1.60 bits per heavy atom. The molecule has 0 radical (unpaired) electrons. The minimum absolute atomic E-state index is 0.0238. The number of ether oxygens (including phenoxy) is 1. The molecule has 0 aromatic heterocycles. The van der Waals surface area contributed by atoms with Crippen molar-refractivity contribution in [3.05, 3.63) is 29.8 Å². The first kappa shape index (κ1) is 11.9. The predicted octanol–water partition coefficient (Wildman–Crippen LogP) is 2.32. The highest BCUT2D eigenvalue weighted by Gasteiger charge is 2.13. The minimum atomic E-state index is -1.07. The number of benzene rings is 1. The number of halogens is 1. The van der Waals surface area contributed by atoms with Crippen LogP contribution < -0.4 is 4.74 Å². The number of alkyl halides is 1. The summed E-state index contributed by atoms with van der Waals surface area (Å²) in [5.74, 6) is -0.412. The number of rotatable bonds is 5. The van der Waals surface area contributed by atoms with E-state index in [4.69, 9.17) is 21.4 Å². The van der Waals surface area contributed by atoms with Gasteiger partial charge in [-0.25, -0.2) is 0 Å². The van der Waals surface area contributed by atoms with Gasteiger partial charge in [-0.2, -0.15) is 0 Å². The normalized spacial score (nSPS) is 12.1. The van der Waals surface area contributed by atoms with Crippen LogP contribution in [0.3, 0.4) is 0 Å². The van der Waals surface area contributed by atoms with Crippen molar-refractivity contribution in [3.8, 4) is 5.75 Å². The lowest BCUT2D eigenvalue weighted by molar-refractivity contribution is -0.137. The lowest BCUT2D eigenvalue weighted by Crippen LogP contribution is -2.21. The second kappa shape index (κ2) is 5.61. The van der Waals surface area contributed by atoms with Gasteiger partial charge in [0.25, 0.3) is 0 Å². The van der Waals surface area contributed by atoms with Crippen molar-refractivity contribution in [2.75, 3.05) is 6.61 Å². The fourth-order valence-electron chi connectivity index (χ4n) is 1.10. The van der Waals surface area contributed by atoms with Crippen LogP contribution in [0.5, 0.6) is 5.75 Å². The molecule has 0 saturated carbocycles. The first-order chi connectivity index (χ1) is 7.13. The molecule has 0 fully saturated rings. The van der Waals surface area contributed by atoms with Crippen LogP contribution >= 0.6 is 11.6 Å². The van der Waals surface area contributed by atoms with E-state index in [0.717, 1.165) is 12.0 Å². The van der Waals surface area contributed by atoms with E-state index < -0.39 is 11.3 Å². The topological polar surface area (TPSA) is 46.5 Å². The highest BCUT2D eigenvalue weighted by atomic mass is 35.5. The van der Waals surface area contributed by atoms with E-state index in [0.29, 0.717) is 5.75 Å². The molecule has 1 aromatic rings. The fourth-order valence-corrected chi connectivity index (χ4v) is 1.16. The first-order valence-electron chi connectivity index (χ1n) is 4.72. The third-order valence-electron chi connectivity index (χ3n) is 1.97. The maximum absolute atomic E-state index is 10.4. The maximum Gasteiger partial charge on any atom is 0.325 e. The predicted molar refractivity (Wildman–Crippen MR) is 58.6 cm³/mol. The van der Waals surface area contributed by atoms with Crippen LogP contribution in [-0.4, -0.2) is 23.1 Å². The smallest absolute Gasteiger partial charge is 0.325 e. The molecule has 0 aliphatic heterocycles. The molecular weight excluding hydrogens is 216 g/mol. The van der Waals surface area contributed by atoms with Crippen molar-refractivity contribution < 1.29 is 14.6 Å². The molecule has 1 atom stereocenters. The molecule has 0 bridgehead atoms. The average molecular weight is 229 g/mol. The number of carboxylic acid groups (broad SMARTS) is 1. The number of hydrogen-bond acceptors (Lipinski definition) is 2. The van der Waals surface area contributed by atoms with Crippen LogP contribution in [0.25, 0.3) is 0 Å². The Morgan fingerprint density at radius 3 is 2.93 bits per heavy atom. The number of aliphatic carboxylic acids is 1. The molecule has 4 heteroatoms. The van der Waals surface area contributed by atoms with Gasteiger partial charge in [-0.05, 0) is 24.1 Å². The molecule has 82 valence electrons. The van der Waals surface area contributed by atoms with Crippen LogP contribution in [0.4, 0.5) is 0 Å². The minimum Gasteiger partial charge on any atom is -0.491 e. The van der Waals surface area contributed by atoms with Gasteiger partial charge in [-0.15, -0.1) is 11.6 Å².